The molecule has 0 aliphatic rings. The van der Waals surface area contributed by atoms with E-state index in [2.05, 4.69) is 21.2 Å². The summed E-state index contributed by atoms with van der Waals surface area (Å²) >= 11 is 0. The summed E-state index contributed by atoms with van der Waals surface area (Å²) in [6, 6.07) is 12.1. The molecular formula is C18H12N4O4. The standard InChI is InChI=1S/C18H12N4O4/c1-11(18(23)24)8-16-21-17(22-26-16)14-6-5-13(9-12(14)10-19)25-15-4-2-3-7-20-15/h2-9H,1H3,(H,23,24). The van der Waals surface area contributed by atoms with Gasteiger partial charge in [-0.3, -0.25) is 0 Å². The minimum Gasteiger partial charge on any atom is -0.478 e. The molecule has 0 bridgehead atoms. The summed E-state index contributed by atoms with van der Waals surface area (Å²) < 4.78 is 10.6. The molecule has 0 unspecified atom stereocenters. The maximum atomic E-state index is 10.8. The maximum absolute atomic E-state index is 10.8. The van der Waals surface area contributed by atoms with E-state index in [4.69, 9.17) is 14.4 Å². The zero-order valence-electron chi connectivity index (χ0n) is 13.6. The van der Waals surface area contributed by atoms with Crippen LogP contribution in [0.2, 0.25) is 0 Å². The summed E-state index contributed by atoms with van der Waals surface area (Å²) in [7, 11) is 0. The average Bonchev–Trinajstić information content (AvgIpc) is 3.10. The highest BCUT2D eigenvalue weighted by Gasteiger charge is 2.14. The summed E-state index contributed by atoms with van der Waals surface area (Å²) in [5.74, 6) is -0.0268. The molecular weight excluding hydrogens is 336 g/mol. The van der Waals surface area contributed by atoms with Crippen molar-refractivity contribution in [2.24, 2.45) is 0 Å². The van der Waals surface area contributed by atoms with Gasteiger partial charge in [-0.05, 0) is 31.2 Å². The molecule has 0 fully saturated rings. The van der Waals surface area contributed by atoms with Gasteiger partial charge in [-0.1, -0.05) is 11.2 Å². The Morgan fingerprint density at radius 2 is 2.19 bits per heavy atom. The number of hydrogen-bond donors (Lipinski definition) is 1. The predicted octanol–water partition coefficient (Wildman–Crippen LogP) is 3.28. The summed E-state index contributed by atoms with van der Waals surface area (Å²) in [6.45, 7) is 1.41. The number of carbonyl (C=O) groups is 1. The molecule has 0 amide bonds. The van der Waals surface area contributed by atoms with Gasteiger partial charge in [-0.2, -0.15) is 10.2 Å². The van der Waals surface area contributed by atoms with Gasteiger partial charge in [0.05, 0.1) is 5.56 Å². The normalized spacial score (nSPS) is 11.0. The summed E-state index contributed by atoms with van der Waals surface area (Å²) in [5, 5.41) is 22.1. The molecule has 0 saturated carbocycles. The number of pyridine rings is 1. The second-order valence-corrected chi connectivity index (χ2v) is 5.18. The lowest BCUT2D eigenvalue weighted by Crippen LogP contribution is -1.95. The number of nitriles is 1. The average molecular weight is 348 g/mol. The zero-order valence-corrected chi connectivity index (χ0v) is 13.6. The first-order chi connectivity index (χ1) is 12.6. The lowest BCUT2D eigenvalue weighted by molar-refractivity contribution is -0.132. The Balaban J connectivity index is 1.89. The van der Waals surface area contributed by atoms with Crippen LogP contribution in [0.3, 0.4) is 0 Å². The number of benzene rings is 1. The first-order valence-corrected chi connectivity index (χ1v) is 7.45. The van der Waals surface area contributed by atoms with Gasteiger partial charge >= 0.3 is 5.97 Å². The number of carboxylic acids is 1. The number of ether oxygens (including phenoxy) is 1. The third-order valence-electron chi connectivity index (χ3n) is 3.33. The van der Waals surface area contributed by atoms with Crippen LogP contribution < -0.4 is 4.74 Å². The van der Waals surface area contributed by atoms with Crippen LogP contribution in [-0.4, -0.2) is 26.2 Å². The predicted molar refractivity (Wildman–Crippen MR) is 90.0 cm³/mol. The summed E-state index contributed by atoms with van der Waals surface area (Å²) in [4.78, 5) is 19.0. The smallest absolute Gasteiger partial charge is 0.331 e. The van der Waals surface area contributed by atoms with E-state index in [9.17, 15) is 10.1 Å². The number of nitrogens with zero attached hydrogens (tertiary/aromatic N) is 4. The van der Waals surface area contributed by atoms with Crippen molar-refractivity contribution in [2.45, 2.75) is 6.92 Å². The van der Waals surface area contributed by atoms with Gasteiger partial charge in [-0.15, -0.1) is 0 Å². The Hall–Kier alpha value is -3.99. The largest absolute Gasteiger partial charge is 0.478 e. The molecule has 1 N–H and O–H groups in total. The fourth-order valence-corrected chi connectivity index (χ4v) is 2.05. The van der Waals surface area contributed by atoms with Crippen LogP contribution in [0, 0.1) is 11.3 Å². The SMILES string of the molecule is CC(=Cc1nc(-c2ccc(Oc3ccccn3)cc2C#N)no1)C(=O)O. The van der Waals surface area contributed by atoms with Crippen molar-refractivity contribution in [1.29, 1.82) is 5.26 Å². The van der Waals surface area contributed by atoms with Crippen LogP contribution in [0.5, 0.6) is 11.6 Å². The van der Waals surface area contributed by atoms with Crippen LogP contribution in [-0.2, 0) is 4.79 Å². The Kier molecular flexibility index (Phi) is 4.71. The van der Waals surface area contributed by atoms with E-state index in [1.807, 2.05) is 0 Å². The van der Waals surface area contributed by atoms with Crippen molar-refractivity contribution >= 4 is 12.0 Å². The van der Waals surface area contributed by atoms with E-state index in [-0.39, 0.29) is 22.9 Å². The van der Waals surface area contributed by atoms with Crippen LogP contribution in [0.1, 0.15) is 18.4 Å². The first-order valence-electron chi connectivity index (χ1n) is 7.45. The Bertz CT molecular complexity index is 1020. The van der Waals surface area contributed by atoms with E-state index >= 15 is 0 Å². The molecule has 0 atom stereocenters. The molecule has 1 aromatic carbocycles. The monoisotopic (exact) mass is 348 g/mol. The fraction of sp³-hybridized carbons (Fsp3) is 0.0556. The van der Waals surface area contributed by atoms with Crippen LogP contribution in [0.4, 0.5) is 0 Å². The zero-order chi connectivity index (χ0) is 18.5. The summed E-state index contributed by atoms with van der Waals surface area (Å²) in [5.41, 5.74) is 0.779. The van der Waals surface area contributed by atoms with Gasteiger partial charge in [0, 0.05) is 29.5 Å². The van der Waals surface area contributed by atoms with Crippen molar-refractivity contribution in [2.75, 3.05) is 0 Å². The molecule has 0 radical (unpaired) electrons. The number of carboxylic acid groups (broad SMARTS) is 1. The van der Waals surface area contributed by atoms with Crippen molar-refractivity contribution in [3.63, 3.8) is 0 Å². The number of aromatic nitrogens is 3. The Morgan fingerprint density at radius 3 is 2.88 bits per heavy atom. The van der Waals surface area contributed by atoms with Gasteiger partial charge in [-0.25, -0.2) is 9.78 Å². The molecule has 0 aliphatic heterocycles. The quantitative estimate of drug-likeness (QED) is 0.697. The van der Waals surface area contributed by atoms with E-state index < -0.39 is 5.97 Å². The fourth-order valence-electron chi connectivity index (χ4n) is 2.05. The molecule has 0 spiro atoms. The number of hydrogen-bond acceptors (Lipinski definition) is 7. The lowest BCUT2D eigenvalue weighted by Gasteiger charge is -2.06. The molecule has 3 rings (SSSR count). The van der Waals surface area contributed by atoms with E-state index in [1.54, 1.807) is 42.6 Å². The number of aliphatic carboxylic acids is 1. The van der Waals surface area contributed by atoms with Gasteiger partial charge in [0.2, 0.25) is 11.7 Å². The van der Waals surface area contributed by atoms with E-state index in [0.29, 0.717) is 17.2 Å². The van der Waals surface area contributed by atoms with Crippen LogP contribution in [0.25, 0.3) is 17.5 Å². The van der Waals surface area contributed by atoms with Gasteiger partial charge in [0.25, 0.3) is 5.89 Å². The lowest BCUT2D eigenvalue weighted by atomic mass is 10.1. The molecule has 0 saturated heterocycles. The van der Waals surface area contributed by atoms with E-state index in [1.165, 1.54) is 13.0 Å². The third kappa shape index (κ3) is 3.73. The number of rotatable bonds is 5. The molecule has 0 aliphatic carbocycles. The first kappa shape index (κ1) is 16.9. The Labute approximate surface area is 148 Å². The maximum Gasteiger partial charge on any atom is 0.331 e. The molecule has 128 valence electrons. The highest BCUT2D eigenvalue weighted by atomic mass is 16.5. The topological polar surface area (TPSA) is 122 Å². The molecule has 3 aromatic rings. The summed E-state index contributed by atoms with van der Waals surface area (Å²) in [6.07, 6.45) is 2.85. The highest BCUT2D eigenvalue weighted by Crippen LogP contribution is 2.27. The second kappa shape index (κ2) is 7.27. The van der Waals surface area contributed by atoms with Gasteiger partial charge in [0.15, 0.2) is 0 Å². The second-order valence-electron chi connectivity index (χ2n) is 5.18. The highest BCUT2D eigenvalue weighted by molar-refractivity contribution is 5.90. The molecule has 8 nitrogen and oxygen atoms in total. The Morgan fingerprint density at radius 1 is 1.35 bits per heavy atom. The van der Waals surface area contributed by atoms with Crippen molar-refractivity contribution in [1.82, 2.24) is 15.1 Å². The van der Waals surface area contributed by atoms with Crippen LogP contribution in [0.15, 0.2) is 52.7 Å². The molecule has 8 heteroatoms. The van der Waals surface area contributed by atoms with E-state index in [0.717, 1.165) is 0 Å². The molecule has 2 heterocycles. The van der Waals surface area contributed by atoms with Gasteiger partial charge in [0.1, 0.15) is 11.8 Å². The van der Waals surface area contributed by atoms with Gasteiger partial charge < -0.3 is 14.4 Å². The molecule has 26 heavy (non-hydrogen) atoms. The minimum absolute atomic E-state index is 0.0394. The minimum atomic E-state index is -1.08. The van der Waals surface area contributed by atoms with Crippen molar-refractivity contribution in [3.05, 3.63) is 59.6 Å². The third-order valence-corrected chi connectivity index (χ3v) is 3.33. The van der Waals surface area contributed by atoms with Crippen LogP contribution >= 0.6 is 0 Å². The van der Waals surface area contributed by atoms with Crippen molar-refractivity contribution < 1.29 is 19.2 Å². The molecule has 2 aromatic heterocycles. The van der Waals surface area contributed by atoms with Crippen molar-refractivity contribution in [3.8, 4) is 29.1 Å².